The lowest BCUT2D eigenvalue weighted by Crippen LogP contribution is -2.44. The van der Waals surface area contributed by atoms with E-state index >= 15 is 0 Å². The van der Waals surface area contributed by atoms with Crippen LogP contribution in [0.5, 0.6) is 0 Å². The molecule has 0 amide bonds. The Labute approximate surface area is 251 Å². The molecule has 4 heteroatoms. The van der Waals surface area contributed by atoms with Crippen LogP contribution < -0.4 is 0 Å². The molecule has 0 saturated heterocycles. The molecule has 43 heavy (non-hydrogen) atoms. The van der Waals surface area contributed by atoms with Crippen molar-refractivity contribution in [2.45, 2.75) is 38.5 Å². The first-order valence-corrected chi connectivity index (χ1v) is 14.8. The van der Waals surface area contributed by atoms with Crippen molar-refractivity contribution < 1.29 is 4.42 Å². The van der Waals surface area contributed by atoms with Gasteiger partial charge in [-0.1, -0.05) is 131 Å². The van der Waals surface area contributed by atoms with Crippen LogP contribution in [0.15, 0.2) is 120 Å². The first kappa shape index (κ1) is 25.6. The molecule has 2 heterocycles. The zero-order valence-electron chi connectivity index (χ0n) is 24.7. The quantitative estimate of drug-likeness (QED) is 0.217. The number of furan rings is 1. The molecule has 0 saturated carbocycles. The molecule has 2 aromatic heterocycles. The van der Waals surface area contributed by atoms with Crippen LogP contribution in [-0.2, 0) is 10.8 Å². The summed E-state index contributed by atoms with van der Waals surface area (Å²) >= 11 is 0. The maximum atomic E-state index is 6.23. The zero-order chi connectivity index (χ0) is 29.3. The normalized spacial score (nSPS) is 14.9. The molecule has 0 atom stereocenters. The fraction of sp³-hybridized carbons (Fsp3) is 0.154. The second kappa shape index (κ2) is 9.20. The average Bonchev–Trinajstić information content (AvgIpc) is 3.43. The molecule has 0 bridgehead atoms. The summed E-state index contributed by atoms with van der Waals surface area (Å²) in [6.07, 6.45) is 0. The first-order valence-electron chi connectivity index (χ1n) is 14.8. The number of benzene rings is 5. The number of hydrogen-bond donors (Lipinski definition) is 0. The Morgan fingerprint density at radius 2 is 1.05 bits per heavy atom. The molecule has 0 radical (unpaired) electrons. The minimum Gasteiger partial charge on any atom is -0.456 e. The number of nitrogens with zero attached hydrogens (tertiary/aromatic N) is 3. The second-order valence-electron chi connectivity index (χ2n) is 12.5. The van der Waals surface area contributed by atoms with Crippen LogP contribution in [0.3, 0.4) is 0 Å². The number of para-hydroxylation sites is 1. The number of rotatable bonds is 3. The van der Waals surface area contributed by atoms with E-state index in [4.69, 9.17) is 19.4 Å². The zero-order valence-corrected chi connectivity index (χ0v) is 24.7. The van der Waals surface area contributed by atoms with Gasteiger partial charge in [-0.3, -0.25) is 0 Å². The fourth-order valence-electron chi connectivity index (χ4n) is 6.84. The molecule has 0 fully saturated rings. The SMILES string of the molecule is CC1(C)c2ccccc2-c2cccc(-c3nc(-c4ccccc4)nc(-c4cccc5oc6ccccc6c45)n3)c2C1(C)C. The topological polar surface area (TPSA) is 51.8 Å². The number of aromatic nitrogens is 3. The summed E-state index contributed by atoms with van der Waals surface area (Å²) in [6, 6.07) is 39.8. The van der Waals surface area contributed by atoms with Crippen molar-refractivity contribution in [2.75, 3.05) is 0 Å². The van der Waals surface area contributed by atoms with Crippen LogP contribution in [0.2, 0.25) is 0 Å². The Kier molecular flexibility index (Phi) is 5.48. The van der Waals surface area contributed by atoms with Crippen LogP contribution in [0.4, 0.5) is 0 Å². The monoisotopic (exact) mass is 557 g/mol. The van der Waals surface area contributed by atoms with Crippen LogP contribution in [0.25, 0.3) is 67.2 Å². The Balaban J connectivity index is 1.44. The summed E-state index contributed by atoms with van der Waals surface area (Å²) in [5.74, 6) is 1.96. The molecular formula is C39H31N3O. The predicted molar refractivity (Wildman–Crippen MR) is 175 cm³/mol. The van der Waals surface area contributed by atoms with Gasteiger partial charge < -0.3 is 4.42 Å². The number of fused-ring (bicyclic) bond motifs is 6. The van der Waals surface area contributed by atoms with Crippen LogP contribution >= 0.6 is 0 Å². The lowest BCUT2D eigenvalue weighted by Gasteiger charge is -2.49. The summed E-state index contributed by atoms with van der Waals surface area (Å²) in [5, 5.41) is 2.06. The smallest absolute Gasteiger partial charge is 0.164 e. The van der Waals surface area contributed by atoms with Gasteiger partial charge in [-0.2, -0.15) is 0 Å². The van der Waals surface area contributed by atoms with Crippen molar-refractivity contribution in [3.8, 4) is 45.3 Å². The van der Waals surface area contributed by atoms with Gasteiger partial charge in [0.05, 0.1) is 0 Å². The minimum absolute atomic E-state index is 0.119. The molecule has 0 spiro atoms. The lowest BCUT2D eigenvalue weighted by molar-refractivity contribution is 0.300. The molecule has 7 aromatic rings. The molecular weight excluding hydrogens is 526 g/mol. The molecule has 0 aliphatic heterocycles. The van der Waals surface area contributed by atoms with Crippen LogP contribution in [-0.4, -0.2) is 15.0 Å². The van der Waals surface area contributed by atoms with E-state index in [1.165, 1.54) is 22.3 Å². The van der Waals surface area contributed by atoms with Gasteiger partial charge in [-0.25, -0.2) is 15.0 Å². The van der Waals surface area contributed by atoms with Gasteiger partial charge in [0.25, 0.3) is 0 Å². The van der Waals surface area contributed by atoms with E-state index in [9.17, 15) is 0 Å². The van der Waals surface area contributed by atoms with Gasteiger partial charge >= 0.3 is 0 Å². The molecule has 1 aliphatic carbocycles. The molecule has 208 valence electrons. The van der Waals surface area contributed by atoms with Gasteiger partial charge in [0.2, 0.25) is 0 Å². The third kappa shape index (κ3) is 3.72. The highest BCUT2D eigenvalue weighted by atomic mass is 16.3. The number of hydrogen-bond acceptors (Lipinski definition) is 4. The molecule has 8 rings (SSSR count). The molecule has 1 aliphatic rings. The molecule has 5 aromatic carbocycles. The van der Waals surface area contributed by atoms with Gasteiger partial charge in [-0.15, -0.1) is 0 Å². The van der Waals surface area contributed by atoms with E-state index in [-0.39, 0.29) is 10.8 Å². The van der Waals surface area contributed by atoms with E-state index in [0.717, 1.165) is 38.6 Å². The standard InChI is InChI=1S/C39H31N3O/c1-38(2)30-21-10-8-16-25(30)26-18-12-20-29(34(26)39(38,3)4)37-41-35(24-14-6-5-7-15-24)40-36(42-37)28-19-13-23-32-33(28)27-17-9-11-22-31(27)43-32/h5-23H,1-4H3. The highest BCUT2D eigenvalue weighted by molar-refractivity contribution is 6.11. The highest BCUT2D eigenvalue weighted by Gasteiger charge is 2.47. The maximum Gasteiger partial charge on any atom is 0.164 e. The summed E-state index contributed by atoms with van der Waals surface area (Å²) < 4.78 is 6.23. The molecule has 0 unspecified atom stereocenters. The van der Waals surface area contributed by atoms with Crippen molar-refractivity contribution in [3.05, 3.63) is 126 Å². The fourth-order valence-corrected chi connectivity index (χ4v) is 6.84. The Morgan fingerprint density at radius 3 is 1.88 bits per heavy atom. The third-order valence-corrected chi connectivity index (χ3v) is 9.69. The van der Waals surface area contributed by atoms with Crippen molar-refractivity contribution in [1.82, 2.24) is 15.0 Å². The van der Waals surface area contributed by atoms with E-state index in [1.807, 2.05) is 48.5 Å². The van der Waals surface area contributed by atoms with Gasteiger partial charge in [-0.05, 0) is 39.8 Å². The Hall–Kier alpha value is -5.09. The van der Waals surface area contributed by atoms with Crippen LogP contribution in [0, 0.1) is 0 Å². The van der Waals surface area contributed by atoms with Crippen molar-refractivity contribution in [2.24, 2.45) is 0 Å². The summed E-state index contributed by atoms with van der Waals surface area (Å²) in [6.45, 7) is 9.41. The summed E-state index contributed by atoms with van der Waals surface area (Å²) in [7, 11) is 0. The average molecular weight is 558 g/mol. The lowest BCUT2D eigenvalue weighted by atomic mass is 9.54. The predicted octanol–water partition coefficient (Wildman–Crippen LogP) is 10.0. The van der Waals surface area contributed by atoms with Gasteiger partial charge in [0.1, 0.15) is 11.2 Å². The largest absolute Gasteiger partial charge is 0.456 e. The maximum absolute atomic E-state index is 6.23. The summed E-state index contributed by atoms with van der Waals surface area (Å²) in [5.41, 5.74) is 9.41. The van der Waals surface area contributed by atoms with E-state index < -0.39 is 0 Å². The van der Waals surface area contributed by atoms with Gasteiger partial charge in [0, 0.05) is 32.9 Å². The van der Waals surface area contributed by atoms with Crippen molar-refractivity contribution >= 4 is 21.9 Å². The van der Waals surface area contributed by atoms with E-state index in [1.54, 1.807) is 0 Å². The third-order valence-electron chi connectivity index (χ3n) is 9.69. The molecule has 4 nitrogen and oxygen atoms in total. The van der Waals surface area contributed by atoms with E-state index in [2.05, 4.69) is 94.4 Å². The van der Waals surface area contributed by atoms with E-state index in [0.29, 0.717) is 17.5 Å². The Bertz CT molecular complexity index is 2190. The van der Waals surface area contributed by atoms with Crippen molar-refractivity contribution in [3.63, 3.8) is 0 Å². The first-order chi connectivity index (χ1) is 20.8. The minimum atomic E-state index is -0.201. The van der Waals surface area contributed by atoms with Crippen LogP contribution in [0.1, 0.15) is 38.8 Å². The van der Waals surface area contributed by atoms with Gasteiger partial charge in [0.15, 0.2) is 17.5 Å². The second-order valence-corrected chi connectivity index (χ2v) is 12.5. The molecule has 0 N–H and O–H groups in total. The summed E-state index contributed by atoms with van der Waals surface area (Å²) in [4.78, 5) is 15.5. The highest BCUT2D eigenvalue weighted by Crippen LogP contribution is 2.56. The Morgan fingerprint density at radius 1 is 0.465 bits per heavy atom. The van der Waals surface area contributed by atoms with Crippen molar-refractivity contribution in [1.29, 1.82) is 0 Å².